The zero-order chi connectivity index (χ0) is 24.4. The molecule has 1 aliphatic rings. The molecular formula is C26H31N3O4S. The summed E-state index contributed by atoms with van der Waals surface area (Å²) in [4.78, 5) is 40.3. The number of carbonyl (C=O) groups is 3. The topological polar surface area (TPSA) is 89.4 Å². The van der Waals surface area contributed by atoms with E-state index in [1.165, 1.54) is 22.9 Å². The van der Waals surface area contributed by atoms with Gasteiger partial charge in [0.2, 0.25) is 11.8 Å². The average Bonchev–Trinajstić information content (AvgIpc) is 3.29. The molecule has 0 saturated carbocycles. The van der Waals surface area contributed by atoms with E-state index in [9.17, 15) is 14.4 Å². The lowest BCUT2D eigenvalue weighted by atomic mass is 9.96. The van der Waals surface area contributed by atoms with Gasteiger partial charge in [-0.3, -0.25) is 9.59 Å². The zero-order valence-electron chi connectivity index (χ0n) is 20.1. The van der Waals surface area contributed by atoms with E-state index >= 15 is 0 Å². The number of hydrogen-bond donors (Lipinski definition) is 2. The van der Waals surface area contributed by atoms with Crippen molar-refractivity contribution in [3.63, 3.8) is 0 Å². The highest BCUT2D eigenvalue weighted by Crippen LogP contribution is 2.44. The maximum Gasteiger partial charge on any atom is 0.357 e. The lowest BCUT2D eigenvalue weighted by Crippen LogP contribution is -2.23. The molecule has 0 bridgehead atoms. The van der Waals surface area contributed by atoms with Crippen molar-refractivity contribution in [1.82, 2.24) is 4.57 Å². The summed E-state index contributed by atoms with van der Waals surface area (Å²) in [5.74, 6) is -0.661. The Morgan fingerprint density at radius 1 is 1.09 bits per heavy atom. The number of thiophene rings is 1. The van der Waals surface area contributed by atoms with E-state index < -0.39 is 5.97 Å². The van der Waals surface area contributed by atoms with Gasteiger partial charge in [0.25, 0.3) is 0 Å². The first kappa shape index (κ1) is 24.0. The van der Waals surface area contributed by atoms with E-state index in [1.54, 1.807) is 22.8 Å². The standard InChI is InChI=1S/C26H31N3O4S/c1-5-33-26(32)24-23(27-16(4)30)22-19-8-6-7-9-20(19)34-25(22)29(24)14-21(31)28-18-12-10-17(11-13-18)15(2)3/h10-13,15H,5-9,14H2,1-4H3,(H,27,30)(H,28,31). The molecule has 34 heavy (non-hydrogen) atoms. The van der Waals surface area contributed by atoms with Crippen molar-refractivity contribution in [3.8, 4) is 0 Å². The fourth-order valence-corrected chi connectivity index (χ4v) is 5.91. The number of nitrogens with one attached hydrogen (secondary N) is 2. The SMILES string of the molecule is CCOC(=O)c1c(NC(C)=O)c2c3c(sc2n1CC(=O)Nc1ccc(C(C)C)cc1)CCCC3. The molecule has 0 atom stereocenters. The maximum absolute atomic E-state index is 13.1. The summed E-state index contributed by atoms with van der Waals surface area (Å²) < 4.78 is 7.04. The van der Waals surface area contributed by atoms with Crippen molar-refractivity contribution in [2.45, 2.75) is 65.8 Å². The van der Waals surface area contributed by atoms with E-state index in [-0.39, 0.29) is 30.7 Å². The van der Waals surface area contributed by atoms with Crippen LogP contribution in [0.4, 0.5) is 11.4 Å². The highest BCUT2D eigenvalue weighted by molar-refractivity contribution is 7.19. The molecule has 0 aliphatic heterocycles. The third-order valence-corrected chi connectivity index (χ3v) is 7.40. The van der Waals surface area contributed by atoms with Crippen molar-refractivity contribution in [2.75, 3.05) is 17.2 Å². The first-order valence-corrected chi connectivity index (χ1v) is 12.6. The first-order valence-electron chi connectivity index (χ1n) is 11.8. The van der Waals surface area contributed by atoms with Crippen LogP contribution in [0.2, 0.25) is 0 Å². The van der Waals surface area contributed by atoms with Crippen molar-refractivity contribution < 1.29 is 19.1 Å². The van der Waals surface area contributed by atoms with Crippen LogP contribution in [0.25, 0.3) is 10.2 Å². The third kappa shape index (κ3) is 4.73. The molecule has 7 nitrogen and oxygen atoms in total. The first-order chi connectivity index (χ1) is 16.3. The van der Waals surface area contributed by atoms with Gasteiger partial charge in [-0.1, -0.05) is 26.0 Å². The molecular weight excluding hydrogens is 450 g/mol. The van der Waals surface area contributed by atoms with Crippen molar-refractivity contribution in [2.24, 2.45) is 0 Å². The molecule has 2 heterocycles. The van der Waals surface area contributed by atoms with Crippen LogP contribution in [0.15, 0.2) is 24.3 Å². The summed E-state index contributed by atoms with van der Waals surface area (Å²) in [7, 11) is 0. The molecule has 0 fully saturated rings. The van der Waals surface area contributed by atoms with Crippen LogP contribution in [0.5, 0.6) is 0 Å². The summed E-state index contributed by atoms with van der Waals surface area (Å²) in [6.45, 7) is 7.54. The van der Waals surface area contributed by atoms with Gasteiger partial charge in [-0.15, -0.1) is 11.3 Å². The molecule has 2 N–H and O–H groups in total. The monoisotopic (exact) mass is 481 g/mol. The van der Waals surface area contributed by atoms with Crippen molar-refractivity contribution in [1.29, 1.82) is 0 Å². The fourth-order valence-electron chi connectivity index (χ4n) is 4.51. The lowest BCUT2D eigenvalue weighted by Gasteiger charge is -2.14. The van der Waals surface area contributed by atoms with Gasteiger partial charge in [0.05, 0.1) is 12.3 Å². The molecule has 4 rings (SSSR count). The Morgan fingerprint density at radius 3 is 2.44 bits per heavy atom. The van der Waals surface area contributed by atoms with E-state index in [1.807, 2.05) is 24.3 Å². The maximum atomic E-state index is 13.1. The number of hydrogen-bond acceptors (Lipinski definition) is 5. The molecule has 0 unspecified atom stereocenters. The largest absolute Gasteiger partial charge is 0.461 e. The van der Waals surface area contributed by atoms with E-state index in [2.05, 4.69) is 24.5 Å². The Labute approximate surface area is 203 Å². The second kappa shape index (κ2) is 10.0. The highest BCUT2D eigenvalue weighted by atomic mass is 32.1. The Balaban J connectivity index is 1.75. The number of amides is 2. The third-order valence-electron chi connectivity index (χ3n) is 6.09. The van der Waals surface area contributed by atoms with Crippen LogP contribution in [0.3, 0.4) is 0 Å². The molecule has 1 aromatic carbocycles. The van der Waals surface area contributed by atoms with Crippen LogP contribution >= 0.6 is 11.3 Å². The fraction of sp³-hybridized carbons (Fsp3) is 0.423. The van der Waals surface area contributed by atoms with Crippen LogP contribution in [-0.4, -0.2) is 29.0 Å². The summed E-state index contributed by atoms with van der Waals surface area (Å²) in [5, 5.41) is 6.67. The molecule has 3 aromatic rings. The van der Waals surface area contributed by atoms with Gasteiger partial charge in [-0.2, -0.15) is 0 Å². The van der Waals surface area contributed by atoms with Gasteiger partial charge >= 0.3 is 5.97 Å². The van der Waals surface area contributed by atoms with Crippen LogP contribution in [0, 0.1) is 0 Å². The number of ether oxygens (including phenoxy) is 1. The molecule has 8 heteroatoms. The summed E-state index contributed by atoms with van der Waals surface area (Å²) >= 11 is 1.60. The Kier molecular flexibility index (Phi) is 7.07. The minimum atomic E-state index is -0.548. The van der Waals surface area contributed by atoms with E-state index in [0.717, 1.165) is 35.9 Å². The smallest absolute Gasteiger partial charge is 0.357 e. The van der Waals surface area contributed by atoms with Crippen LogP contribution in [0.1, 0.15) is 72.9 Å². The normalized spacial score (nSPS) is 13.1. The van der Waals surface area contributed by atoms with E-state index in [0.29, 0.717) is 17.3 Å². The summed E-state index contributed by atoms with van der Waals surface area (Å²) in [5.41, 5.74) is 3.73. The number of rotatable bonds is 7. The van der Waals surface area contributed by atoms with Gasteiger partial charge in [0.1, 0.15) is 11.4 Å². The van der Waals surface area contributed by atoms with Gasteiger partial charge < -0.3 is 19.9 Å². The lowest BCUT2D eigenvalue weighted by molar-refractivity contribution is -0.116. The van der Waals surface area contributed by atoms with Gasteiger partial charge in [-0.25, -0.2) is 4.79 Å². The molecule has 0 radical (unpaired) electrons. The minimum Gasteiger partial charge on any atom is -0.461 e. The Morgan fingerprint density at radius 2 is 1.79 bits per heavy atom. The van der Waals surface area contributed by atoms with E-state index in [4.69, 9.17) is 4.74 Å². The highest BCUT2D eigenvalue weighted by Gasteiger charge is 2.31. The average molecular weight is 482 g/mol. The Hall–Kier alpha value is -3.13. The number of benzene rings is 1. The molecule has 0 saturated heterocycles. The number of carbonyl (C=O) groups excluding carboxylic acids is 3. The number of aromatic nitrogens is 1. The van der Waals surface area contributed by atoms with Gasteiger partial charge in [-0.05, 0) is 61.8 Å². The van der Waals surface area contributed by atoms with Crippen molar-refractivity contribution >= 4 is 50.7 Å². The predicted octanol–water partition coefficient (Wildman–Crippen LogP) is 5.48. The van der Waals surface area contributed by atoms with Crippen molar-refractivity contribution in [3.05, 3.63) is 46.0 Å². The van der Waals surface area contributed by atoms with Crippen LogP contribution in [-0.2, 0) is 33.7 Å². The van der Waals surface area contributed by atoms with Gasteiger partial charge in [0, 0.05) is 22.9 Å². The predicted molar refractivity (Wildman–Crippen MR) is 136 cm³/mol. The molecule has 0 spiro atoms. The minimum absolute atomic E-state index is 0.0600. The summed E-state index contributed by atoms with van der Waals surface area (Å²) in [6, 6.07) is 7.77. The molecule has 2 amide bonds. The second-order valence-corrected chi connectivity index (χ2v) is 10.0. The van der Waals surface area contributed by atoms with Gasteiger partial charge in [0.15, 0.2) is 5.69 Å². The number of aryl methyl sites for hydroxylation is 2. The number of anilines is 2. The number of esters is 1. The quantitative estimate of drug-likeness (QED) is 0.438. The molecule has 180 valence electrons. The molecule has 2 aromatic heterocycles. The number of fused-ring (bicyclic) bond motifs is 3. The number of nitrogens with zero attached hydrogens (tertiary/aromatic N) is 1. The zero-order valence-corrected chi connectivity index (χ0v) is 20.9. The Bertz CT molecular complexity index is 1240. The molecule has 1 aliphatic carbocycles. The second-order valence-electron chi connectivity index (χ2n) is 8.93. The summed E-state index contributed by atoms with van der Waals surface area (Å²) in [6.07, 6.45) is 4.04. The van der Waals surface area contributed by atoms with Crippen LogP contribution < -0.4 is 10.6 Å².